The lowest BCUT2D eigenvalue weighted by atomic mass is 10.1. The van der Waals surface area contributed by atoms with Crippen LogP contribution in [0.5, 0.6) is 0 Å². The van der Waals surface area contributed by atoms with E-state index in [1.165, 1.54) is 18.2 Å². The Morgan fingerprint density at radius 2 is 1.43 bits per heavy atom. The predicted molar refractivity (Wildman–Crippen MR) is 83.1 cm³/mol. The second-order valence-corrected chi connectivity index (χ2v) is 6.77. The Morgan fingerprint density at radius 3 is 1.90 bits per heavy atom. The van der Waals surface area contributed by atoms with Crippen LogP contribution in [0.25, 0.3) is 6.08 Å². The molecule has 0 unspecified atom stereocenters. The number of hydrogen-bond acceptors (Lipinski definition) is 3. The maximum atomic E-state index is 12.5. The highest BCUT2D eigenvalue weighted by atomic mass is 32.2. The third-order valence-corrected chi connectivity index (χ3v) is 4.79. The van der Waals surface area contributed by atoms with Crippen LogP contribution >= 0.6 is 0 Å². The molecule has 0 aromatic heterocycles. The molecule has 0 spiro atoms. The van der Waals surface area contributed by atoms with Gasteiger partial charge in [0, 0.05) is 0 Å². The van der Waals surface area contributed by atoms with Gasteiger partial charge >= 0.3 is 0 Å². The molecule has 0 N–H and O–H groups in total. The zero-order valence-electron chi connectivity index (χ0n) is 11.9. The van der Waals surface area contributed by atoms with Gasteiger partial charge in [0.05, 0.1) is 4.90 Å². The van der Waals surface area contributed by atoms with E-state index in [4.69, 9.17) is 0 Å². The van der Waals surface area contributed by atoms with Crippen molar-refractivity contribution in [1.29, 1.82) is 5.26 Å². The molecule has 0 aliphatic carbocycles. The third kappa shape index (κ3) is 3.39. The summed E-state index contributed by atoms with van der Waals surface area (Å²) in [6, 6.07) is 15.6. The second-order valence-electron chi connectivity index (χ2n) is 4.85. The number of hydrogen-bond donors (Lipinski definition) is 0. The van der Waals surface area contributed by atoms with Crippen LogP contribution in [0.15, 0.2) is 58.3 Å². The fourth-order valence-electron chi connectivity index (χ4n) is 1.83. The fourth-order valence-corrected chi connectivity index (χ4v) is 2.99. The van der Waals surface area contributed by atoms with E-state index in [9.17, 15) is 13.7 Å². The van der Waals surface area contributed by atoms with Gasteiger partial charge < -0.3 is 0 Å². The van der Waals surface area contributed by atoms with Crippen LogP contribution in [-0.4, -0.2) is 8.42 Å². The molecule has 0 fully saturated rings. The Balaban J connectivity index is 2.47. The summed E-state index contributed by atoms with van der Waals surface area (Å²) in [4.78, 5) is -0.122. The van der Waals surface area contributed by atoms with Gasteiger partial charge in [-0.05, 0) is 37.6 Å². The molecular formula is C17H15NO2S. The van der Waals surface area contributed by atoms with Crippen molar-refractivity contribution in [2.75, 3.05) is 0 Å². The highest BCUT2D eigenvalue weighted by molar-refractivity contribution is 7.95. The Kier molecular flexibility index (Phi) is 4.25. The van der Waals surface area contributed by atoms with Crippen molar-refractivity contribution in [3.8, 4) is 6.07 Å². The molecule has 0 aliphatic heterocycles. The molecule has 0 saturated carbocycles. The van der Waals surface area contributed by atoms with Gasteiger partial charge in [-0.2, -0.15) is 5.26 Å². The number of nitrogens with zero attached hydrogens (tertiary/aromatic N) is 1. The van der Waals surface area contributed by atoms with Crippen molar-refractivity contribution in [2.45, 2.75) is 18.7 Å². The minimum absolute atomic E-state index is 0.132. The van der Waals surface area contributed by atoms with E-state index < -0.39 is 9.84 Å². The summed E-state index contributed by atoms with van der Waals surface area (Å²) in [6.45, 7) is 3.82. The molecule has 0 amide bonds. The molecule has 4 heteroatoms. The monoisotopic (exact) mass is 297 g/mol. The minimum Gasteiger partial charge on any atom is -0.218 e. The van der Waals surface area contributed by atoms with Crippen LogP contribution in [0.1, 0.15) is 16.7 Å². The van der Waals surface area contributed by atoms with Gasteiger partial charge in [-0.15, -0.1) is 0 Å². The standard InChI is InChI=1S/C17H15NO2S/c1-13-3-7-15(8-4-13)11-17(12-18)21(19,20)16-9-5-14(2)6-10-16/h3-11H,1-2H3. The van der Waals surface area contributed by atoms with Crippen LogP contribution < -0.4 is 0 Å². The lowest BCUT2D eigenvalue weighted by Crippen LogP contribution is -2.03. The molecule has 2 rings (SSSR count). The van der Waals surface area contributed by atoms with Crippen molar-refractivity contribution in [3.05, 3.63) is 70.1 Å². The van der Waals surface area contributed by atoms with Crippen molar-refractivity contribution in [3.63, 3.8) is 0 Å². The van der Waals surface area contributed by atoms with Gasteiger partial charge in [0.2, 0.25) is 9.84 Å². The molecule has 3 nitrogen and oxygen atoms in total. The van der Waals surface area contributed by atoms with E-state index >= 15 is 0 Å². The molecule has 0 atom stereocenters. The number of nitriles is 1. The van der Waals surface area contributed by atoms with Gasteiger partial charge in [0.15, 0.2) is 0 Å². The van der Waals surface area contributed by atoms with Crippen LogP contribution in [0.2, 0.25) is 0 Å². The van der Waals surface area contributed by atoms with E-state index in [1.807, 2.05) is 26.0 Å². The van der Waals surface area contributed by atoms with Gasteiger partial charge in [-0.1, -0.05) is 47.5 Å². The number of sulfone groups is 1. The average Bonchev–Trinajstić information content (AvgIpc) is 2.47. The van der Waals surface area contributed by atoms with Crippen molar-refractivity contribution in [1.82, 2.24) is 0 Å². The van der Waals surface area contributed by atoms with Crippen LogP contribution in [0.4, 0.5) is 0 Å². The second kappa shape index (κ2) is 5.94. The molecule has 0 heterocycles. The molecule has 0 aliphatic rings. The average molecular weight is 297 g/mol. The number of aryl methyl sites for hydroxylation is 2. The SMILES string of the molecule is Cc1ccc(C=C(C#N)S(=O)(=O)c2ccc(C)cc2)cc1. The van der Waals surface area contributed by atoms with E-state index in [2.05, 4.69) is 0 Å². The number of rotatable bonds is 3. The summed E-state index contributed by atoms with van der Waals surface area (Å²) in [6.07, 6.45) is 1.40. The smallest absolute Gasteiger partial charge is 0.216 e. The van der Waals surface area contributed by atoms with Gasteiger partial charge in [-0.3, -0.25) is 0 Å². The summed E-state index contributed by atoms with van der Waals surface area (Å²) in [5.74, 6) is 0. The summed E-state index contributed by atoms with van der Waals surface area (Å²) < 4.78 is 24.9. The first-order valence-corrected chi connectivity index (χ1v) is 7.92. The maximum absolute atomic E-state index is 12.5. The van der Waals surface area contributed by atoms with E-state index in [1.54, 1.807) is 30.3 Å². The Morgan fingerprint density at radius 1 is 0.952 bits per heavy atom. The molecule has 0 bridgehead atoms. The maximum Gasteiger partial charge on any atom is 0.216 e. The topological polar surface area (TPSA) is 57.9 Å². The lowest BCUT2D eigenvalue weighted by molar-refractivity contribution is 0.603. The molecule has 21 heavy (non-hydrogen) atoms. The Hall–Kier alpha value is -2.38. The summed E-state index contributed by atoms with van der Waals surface area (Å²) in [5, 5.41) is 9.20. The van der Waals surface area contributed by atoms with Crippen molar-refractivity contribution in [2.24, 2.45) is 0 Å². The normalized spacial score (nSPS) is 12.0. The van der Waals surface area contributed by atoms with Crippen LogP contribution in [-0.2, 0) is 9.84 Å². The summed E-state index contributed by atoms with van der Waals surface area (Å²) >= 11 is 0. The first-order valence-electron chi connectivity index (χ1n) is 6.44. The van der Waals surface area contributed by atoms with Crippen LogP contribution in [0.3, 0.4) is 0 Å². The Labute approximate surface area is 125 Å². The van der Waals surface area contributed by atoms with E-state index in [-0.39, 0.29) is 9.80 Å². The molecule has 106 valence electrons. The quantitative estimate of drug-likeness (QED) is 0.813. The molecule has 2 aromatic rings. The lowest BCUT2D eigenvalue weighted by Gasteiger charge is -2.04. The van der Waals surface area contributed by atoms with Gasteiger partial charge in [-0.25, -0.2) is 8.42 Å². The minimum atomic E-state index is -3.78. The highest BCUT2D eigenvalue weighted by Crippen LogP contribution is 2.21. The third-order valence-electron chi connectivity index (χ3n) is 3.11. The zero-order chi connectivity index (χ0) is 15.5. The van der Waals surface area contributed by atoms with Gasteiger partial charge in [0.1, 0.15) is 11.0 Å². The van der Waals surface area contributed by atoms with Crippen molar-refractivity contribution >= 4 is 15.9 Å². The van der Waals surface area contributed by atoms with E-state index in [0.717, 1.165) is 11.1 Å². The first kappa shape index (κ1) is 15.0. The molecule has 0 radical (unpaired) electrons. The summed E-state index contributed by atoms with van der Waals surface area (Å²) in [7, 11) is -3.78. The van der Waals surface area contributed by atoms with E-state index in [0.29, 0.717) is 5.56 Å². The van der Waals surface area contributed by atoms with Crippen molar-refractivity contribution < 1.29 is 8.42 Å². The summed E-state index contributed by atoms with van der Waals surface area (Å²) in [5.41, 5.74) is 2.73. The molecular weight excluding hydrogens is 282 g/mol. The zero-order valence-corrected chi connectivity index (χ0v) is 12.7. The number of benzene rings is 2. The largest absolute Gasteiger partial charge is 0.218 e. The van der Waals surface area contributed by atoms with Crippen LogP contribution in [0, 0.1) is 25.2 Å². The molecule has 0 saturated heterocycles. The van der Waals surface area contributed by atoms with Gasteiger partial charge in [0.25, 0.3) is 0 Å². The number of allylic oxidation sites excluding steroid dienone is 1. The first-order chi connectivity index (χ1) is 9.93. The molecule has 2 aromatic carbocycles. The Bertz CT molecular complexity index is 809. The highest BCUT2D eigenvalue weighted by Gasteiger charge is 2.20. The fraction of sp³-hybridized carbons (Fsp3) is 0.118. The predicted octanol–water partition coefficient (Wildman–Crippen LogP) is 3.64.